The van der Waals surface area contributed by atoms with Crippen LogP contribution < -0.4 is 14.8 Å². The van der Waals surface area contributed by atoms with Crippen LogP contribution in [0.1, 0.15) is 6.92 Å². The van der Waals surface area contributed by atoms with Gasteiger partial charge in [-0.05, 0) is 43.3 Å². The highest BCUT2D eigenvalue weighted by Gasteiger charge is 2.31. The van der Waals surface area contributed by atoms with Gasteiger partial charge in [0.2, 0.25) is 6.10 Å². The van der Waals surface area contributed by atoms with Gasteiger partial charge in [0.05, 0.1) is 0 Å². The maximum absolute atomic E-state index is 12.2. The van der Waals surface area contributed by atoms with Crippen molar-refractivity contribution in [1.82, 2.24) is 0 Å². The molecule has 1 amide bonds. The first kappa shape index (κ1) is 17.1. The van der Waals surface area contributed by atoms with Crippen LogP contribution in [0.25, 0.3) is 0 Å². The van der Waals surface area contributed by atoms with E-state index in [9.17, 15) is 9.59 Å². The van der Waals surface area contributed by atoms with Crippen molar-refractivity contribution < 1.29 is 23.8 Å². The topological polar surface area (TPSA) is 73.9 Å². The summed E-state index contributed by atoms with van der Waals surface area (Å²) < 4.78 is 16.2. The Kier molecular flexibility index (Phi) is 5.09. The Labute approximate surface area is 149 Å². The summed E-state index contributed by atoms with van der Waals surface area (Å²) in [6.07, 6.45) is -1.90. The van der Waals surface area contributed by atoms with Crippen LogP contribution >= 0.6 is 11.6 Å². The largest absolute Gasteiger partial charge is 0.485 e. The second kappa shape index (κ2) is 7.44. The number of esters is 1. The number of fused-ring (bicyclic) bond motifs is 1. The van der Waals surface area contributed by atoms with Gasteiger partial charge in [0.15, 0.2) is 17.6 Å². The number of hydrogen-bond donors (Lipinski definition) is 1. The van der Waals surface area contributed by atoms with E-state index in [0.29, 0.717) is 22.2 Å². The fourth-order valence-corrected chi connectivity index (χ4v) is 2.34. The van der Waals surface area contributed by atoms with Crippen LogP contribution in [0.4, 0.5) is 5.69 Å². The fraction of sp³-hybridized carbons (Fsp3) is 0.222. The number of ether oxygens (including phenoxy) is 3. The van der Waals surface area contributed by atoms with Crippen molar-refractivity contribution in [3.05, 3.63) is 53.6 Å². The third kappa shape index (κ3) is 4.22. The van der Waals surface area contributed by atoms with E-state index in [2.05, 4.69) is 5.32 Å². The molecule has 1 heterocycles. The van der Waals surface area contributed by atoms with E-state index in [1.807, 2.05) is 6.07 Å². The number of carbonyl (C=O) groups is 2. The molecule has 0 aliphatic carbocycles. The minimum Gasteiger partial charge on any atom is -0.485 e. The van der Waals surface area contributed by atoms with Gasteiger partial charge >= 0.3 is 5.97 Å². The highest BCUT2D eigenvalue weighted by molar-refractivity contribution is 6.30. The Balaban J connectivity index is 1.55. The number of halogens is 1. The lowest BCUT2D eigenvalue weighted by Gasteiger charge is -2.25. The van der Waals surface area contributed by atoms with Gasteiger partial charge in [-0.15, -0.1) is 0 Å². The van der Waals surface area contributed by atoms with Crippen molar-refractivity contribution in [3.8, 4) is 11.5 Å². The molecular weight excluding hydrogens is 346 g/mol. The highest BCUT2D eigenvalue weighted by Crippen LogP contribution is 2.31. The van der Waals surface area contributed by atoms with Gasteiger partial charge in [0.25, 0.3) is 5.91 Å². The third-order valence-electron chi connectivity index (χ3n) is 3.55. The first-order valence-corrected chi connectivity index (χ1v) is 8.06. The van der Waals surface area contributed by atoms with Crippen molar-refractivity contribution in [3.63, 3.8) is 0 Å². The van der Waals surface area contributed by atoms with Crippen LogP contribution in [0.3, 0.4) is 0 Å². The molecule has 3 rings (SSSR count). The molecule has 2 aromatic carbocycles. The molecule has 0 aromatic heterocycles. The summed E-state index contributed by atoms with van der Waals surface area (Å²) in [6.45, 7) is 1.52. The average molecular weight is 362 g/mol. The van der Waals surface area contributed by atoms with Crippen LogP contribution in [0.2, 0.25) is 5.02 Å². The molecule has 0 bridgehead atoms. The number of nitrogens with one attached hydrogen (secondary N) is 1. The normalized spacial score (nSPS) is 16.6. The fourth-order valence-electron chi connectivity index (χ4n) is 2.22. The first-order valence-electron chi connectivity index (χ1n) is 7.68. The van der Waals surface area contributed by atoms with Gasteiger partial charge in [-0.3, -0.25) is 4.79 Å². The van der Waals surface area contributed by atoms with E-state index in [4.69, 9.17) is 25.8 Å². The summed E-state index contributed by atoms with van der Waals surface area (Å²) in [7, 11) is 0. The molecule has 2 aromatic rings. The molecule has 0 saturated heterocycles. The van der Waals surface area contributed by atoms with E-state index in [0.717, 1.165) is 0 Å². The van der Waals surface area contributed by atoms with Gasteiger partial charge in [-0.25, -0.2) is 4.79 Å². The summed E-state index contributed by atoms with van der Waals surface area (Å²) in [6, 6.07) is 13.7. The lowest BCUT2D eigenvalue weighted by Crippen LogP contribution is -2.41. The number of para-hydroxylation sites is 2. The van der Waals surface area contributed by atoms with Crippen molar-refractivity contribution in [1.29, 1.82) is 0 Å². The average Bonchev–Trinajstić information content (AvgIpc) is 2.63. The molecule has 1 aliphatic heterocycles. The second-order valence-corrected chi connectivity index (χ2v) is 5.88. The summed E-state index contributed by atoms with van der Waals surface area (Å²) in [5, 5.41) is 3.21. The van der Waals surface area contributed by atoms with E-state index in [1.165, 1.54) is 6.92 Å². The van der Waals surface area contributed by atoms with E-state index in [-0.39, 0.29) is 6.61 Å². The van der Waals surface area contributed by atoms with Gasteiger partial charge < -0.3 is 19.5 Å². The molecule has 0 saturated carbocycles. The van der Waals surface area contributed by atoms with E-state index >= 15 is 0 Å². The summed E-state index contributed by atoms with van der Waals surface area (Å²) >= 11 is 5.79. The van der Waals surface area contributed by atoms with Crippen LogP contribution in [0.5, 0.6) is 11.5 Å². The van der Waals surface area contributed by atoms with Crippen LogP contribution in [-0.4, -0.2) is 30.7 Å². The molecule has 2 atom stereocenters. The molecular formula is C18H16ClNO5. The lowest BCUT2D eigenvalue weighted by molar-refractivity contribution is -0.162. The van der Waals surface area contributed by atoms with Gasteiger partial charge in [0.1, 0.15) is 6.61 Å². The zero-order valence-corrected chi connectivity index (χ0v) is 14.2. The smallest absolute Gasteiger partial charge is 0.351 e. The molecule has 0 unspecified atom stereocenters. The maximum Gasteiger partial charge on any atom is 0.351 e. The maximum atomic E-state index is 12.2. The van der Waals surface area contributed by atoms with Gasteiger partial charge in [-0.1, -0.05) is 23.7 Å². The molecule has 0 fully saturated rings. The molecule has 6 nitrogen and oxygen atoms in total. The second-order valence-electron chi connectivity index (χ2n) is 5.44. The molecule has 0 spiro atoms. The third-order valence-corrected chi connectivity index (χ3v) is 3.80. The molecule has 7 heteroatoms. The predicted octanol–water partition coefficient (Wildman–Crippen LogP) is 3.05. The minimum absolute atomic E-state index is 0.0291. The van der Waals surface area contributed by atoms with Crippen LogP contribution in [-0.2, 0) is 14.3 Å². The molecule has 0 radical (unpaired) electrons. The van der Waals surface area contributed by atoms with Crippen molar-refractivity contribution in [2.24, 2.45) is 0 Å². The Morgan fingerprint density at radius 3 is 2.56 bits per heavy atom. The predicted molar refractivity (Wildman–Crippen MR) is 92.0 cm³/mol. The molecule has 25 heavy (non-hydrogen) atoms. The zero-order valence-electron chi connectivity index (χ0n) is 13.4. The zero-order chi connectivity index (χ0) is 17.8. The summed E-state index contributed by atoms with van der Waals surface area (Å²) in [5.41, 5.74) is 0.559. The molecule has 1 N–H and O–H groups in total. The number of carbonyl (C=O) groups excluding carboxylic acids is 2. The van der Waals surface area contributed by atoms with Crippen molar-refractivity contribution >= 4 is 29.2 Å². The number of hydrogen-bond acceptors (Lipinski definition) is 5. The van der Waals surface area contributed by atoms with Crippen LogP contribution in [0, 0.1) is 0 Å². The van der Waals surface area contributed by atoms with Crippen molar-refractivity contribution in [2.75, 3.05) is 11.9 Å². The Bertz CT molecular complexity index is 777. The minimum atomic E-state index is -0.982. The summed E-state index contributed by atoms with van der Waals surface area (Å²) in [4.78, 5) is 24.3. The number of benzene rings is 2. The number of anilines is 1. The quantitative estimate of drug-likeness (QED) is 0.847. The number of amides is 1. The lowest BCUT2D eigenvalue weighted by atomic mass is 10.2. The number of rotatable bonds is 4. The van der Waals surface area contributed by atoms with E-state index in [1.54, 1.807) is 42.5 Å². The van der Waals surface area contributed by atoms with Crippen LogP contribution in [0.15, 0.2) is 48.5 Å². The Hall–Kier alpha value is -2.73. The Morgan fingerprint density at radius 2 is 1.84 bits per heavy atom. The molecule has 1 aliphatic rings. The Morgan fingerprint density at radius 1 is 1.16 bits per heavy atom. The van der Waals surface area contributed by atoms with Gasteiger partial charge in [0, 0.05) is 10.7 Å². The monoisotopic (exact) mass is 361 g/mol. The highest BCUT2D eigenvalue weighted by atomic mass is 35.5. The molecule has 130 valence electrons. The SMILES string of the molecule is C[C@@H](OC(=O)[C@H]1COc2ccccc2O1)C(=O)Nc1ccc(Cl)cc1. The van der Waals surface area contributed by atoms with Gasteiger partial charge in [-0.2, -0.15) is 0 Å². The van der Waals surface area contributed by atoms with Crippen molar-refractivity contribution in [2.45, 2.75) is 19.1 Å². The van der Waals surface area contributed by atoms with E-state index < -0.39 is 24.1 Å². The first-order chi connectivity index (χ1) is 12.0. The standard InChI is InChI=1S/C18H16ClNO5/c1-11(17(21)20-13-8-6-12(19)7-9-13)24-18(22)16-10-23-14-4-2-3-5-15(14)25-16/h2-9,11,16H,10H2,1H3,(H,20,21)/t11-,16-/m1/s1. The summed E-state index contributed by atoms with van der Waals surface area (Å²) in [5.74, 6) is -0.0740.